The minimum absolute atomic E-state index is 0.0112. The second-order valence-corrected chi connectivity index (χ2v) is 6.16. The molecule has 0 aromatic heterocycles. The molecule has 0 bridgehead atoms. The molecule has 1 unspecified atom stereocenters. The van der Waals surface area contributed by atoms with Gasteiger partial charge in [0, 0.05) is 12.7 Å². The summed E-state index contributed by atoms with van der Waals surface area (Å²) in [6.07, 6.45) is -0.334. The predicted molar refractivity (Wildman–Crippen MR) is 90.7 cm³/mol. The van der Waals surface area contributed by atoms with Crippen molar-refractivity contribution in [1.29, 1.82) is 0 Å². The fourth-order valence-electron chi connectivity index (χ4n) is 1.69. The van der Waals surface area contributed by atoms with Crippen LogP contribution in [0.15, 0.2) is 24.3 Å². The second-order valence-electron chi connectivity index (χ2n) is 5.20. The van der Waals surface area contributed by atoms with Crippen LogP contribution in [-0.2, 0) is 14.3 Å². The Labute approximate surface area is 148 Å². The van der Waals surface area contributed by atoms with E-state index in [1.54, 1.807) is 26.0 Å². The van der Waals surface area contributed by atoms with Gasteiger partial charge in [-0.15, -0.1) is 0 Å². The van der Waals surface area contributed by atoms with Crippen LogP contribution in [0.3, 0.4) is 0 Å². The number of carboxylic acid groups (broad SMARTS) is 1. The Hall–Kier alpha value is -2.55. The van der Waals surface area contributed by atoms with Gasteiger partial charge in [-0.2, -0.15) is 0 Å². The highest BCUT2D eigenvalue weighted by atomic mass is 32.2. The van der Waals surface area contributed by atoms with Crippen LogP contribution >= 0.6 is 11.8 Å². The number of aliphatic carboxylic acids is 1. The van der Waals surface area contributed by atoms with Crippen molar-refractivity contribution >= 4 is 34.9 Å². The third-order valence-electron chi connectivity index (χ3n) is 2.69. The van der Waals surface area contributed by atoms with Gasteiger partial charge >= 0.3 is 17.2 Å². The van der Waals surface area contributed by atoms with Crippen molar-refractivity contribution in [3.63, 3.8) is 0 Å². The Morgan fingerprint density at radius 3 is 2.40 bits per heavy atom. The molecule has 1 atom stereocenters. The van der Waals surface area contributed by atoms with Gasteiger partial charge in [0.25, 0.3) is 0 Å². The van der Waals surface area contributed by atoms with E-state index in [0.29, 0.717) is 11.8 Å². The summed E-state index contributed by atoms with van der Waals surface area (Å²) in [4.78, 5) is 45.9. The third-order valence-corrected chi connectivity index (χ3v) is 3.51. The number of carboxylic acids is 1. The number of carbonyl (C=O) groups is 4. The molecule has 136 valence electrons. The lowest BCUT2D eigenvalue weighted by atomic mass is 10.2. The molecular formula is C16H19NO7S. The smallest absolute Gasteiger partial charge is 0.372 e. The van der Waals surface area contributed by atoms with E-state index in [1.165, 1.54) is 19.1 Å². The Morgan fingerprint density at radius 1 is 1.20 bits per heavy atom. The SMILES string of the molecule is CC(=O)NC(CSC(=O)Oc1ccccc1C(=O)OC(C)C)C(=O)O. The number of ether oxygens (including phenoxy) is 2. The van der Waals surface area contributed by atoms with Gasteiger partial charge < -0.3 is 19.9 Å². The third kappa shape index (κ3) is 7.25. The Morgan fingerprint density at radius 2 is 1.84 bits per heavy atom. The van der Waals surface area contributed by atoms with Crippen molar-refractivity contribution < 1.29 is 33.8 Å². The fourth-order valence-corrected chi connectivity index (χ4v) is 2.37. The molecule has 0 saturated carbocycles. The summed E-state index contributed by atoms with van der Waals surface area (Å²) in [5.74, 6) is -2.63. The number of hydrogen-bond donors (Lipinski definition) is 2. The molecule has 0 aliphatic rings. The summed E-state index contributed by atoms with van der Waals surface area (Å²) in [5.41, 5.74) is 0.0850. The number of thioether (sulfide) groups is 1. The lowest BCUT2D eigenvalue weighted by Crippen LogP contribution is -2.41. The van der Waals surface area contributed by atoms with Crippen molar-refractivity contribution in [2.24, 2.45) is 0 Å². The van der Waals surface area contributed by atoms with Crippen LogP contribution in [0, 0.1) is 0 Å². The van der Waals surface area contributed by atoms with Gasteiger partial charge in [0.2, 0.25) is 5.91 Å². The molecule has 0 saturated heterocycles. The van der Waals surface area contributed by atoms with Gasteiger partial charge in [0.1, 0.15) is 17.4 Å². The molecule has 2 N–H and O–H groups in total. The van der Waals surface area contributed by atoms with E-state index >= 15 is 0 Å². The molecule has 0 heterocycles. The molecule has 1 aromatic rings. The second kappa shape index (κ2) is 9.67. The van der Waals surface area contributed by atoms with Gasteiger partial charge in [-0.1, -0.05) is 12.1 Å². The Balaban J connectivity index is 2.72. The summed E-state index contributed by atoms with van der Waals surface area (Å²) in [6, 6.07) is 4.83. The number of para-hydroxylation sites is 1. The number of rotatable bonds is 7. The van der Waals surface area contributed by atoms with Crippen LogP contribution < -0.4 is 10.1 Å². The molecular weight excluding hydrogens is 350 g/mol. The Bertz CT molecular complexity index is 660. The summed E-state index contributed by atoms with van der Waals surface area (Å²) in [5, 5.41) is 10.4. The van der Waals surface area contributed by atoms with E-state index in [-0.39, 0.29) is 23.2 Å². The summed E-state index contributed by atoms with van der Waals surface area (Å²) >= 11 is 0.575. The van der Waals surface area contributed by atoms with E-state index in [1.807, 2.05) is 0 Å². The number of hydrogen-bond acceptors (Lipinski definition) is 7. The van der Waals surface area contributed by atoms with E-state index in [9.17, 15) is 19.2 Å². The quantitative estimate of drug-likeness (QED) is 0.701. The molecule has 25 heavy (non-hydrogen) atoms. The minimum Gasteiger partial charge on any atom is -0.480 e. The highest BCUT2D eigenvalue weighted by molar-refractivity contribution is 8.13. The molecule has 9 heteroatoms. The van der Waals surface area contributed by atoms with Crippen LogP contribution in [-0.4, -0.2) is 46.2 Å². The number of benzene rings is 1. The van der Waals surface area contributed by atoms with Crippen molar-refractivity contribution in [1.82, 2.24) is 5.32 Å². The zero-order chi connectivity index (χ0) is 19.0. The largest absolute Gasteiger partial charge is 0.480 e. The van der Waals surface area contributed by atoms with Crippen molar-refractivity contribution in [3.8, 4) is 5.75 Å². The van der Waals surface area contributed by atoms with Gasteiger partial charge in [-0.25, -0.2) is 14.4 Å². The van der Waals surface area contributed by atoms with Crippen molar-refractivity contribution in [2.45, 2.75) is 32.9 Å². The lowest BCUT2D eigenvalue weighted by Gasteiger charge is -2.13. The van der Waals surface area contributed by atoms with Crippen molar-refractivity contribution in [3.05, 3.63) is 29.8 Å². The van der Waals surface area contributed by atoms with E-state index in [0.717, 1.165) is 0 Å². The van der Waals surface area contributed by atoms with Gasteiger partial charge in [0.15, 0.2) is 0 Å². The van der Waals surface area contributed by atoms with Crippen LogP contribution in [0.5, 0.6) is 5.75 Å². The van der Waals surface area contributed by atoms with Crippen LogP contribution in [0.2, 0.25) is 0 Å². The molecule has 1 rings (SSSR count). The van der Waals surface area contributed by atoms with E-state index < -0.39 is 29.2 Å². The van der Waals surface area contributed by atoms with Crippen LogP contribution in [0.1, 0.15) is 31.1 Å². The van der Waals surface area contributed by atoms with Crippen LogP contribution in [0.4, 0.5) is 4.79 Å². The van der Waals surface area contributed by atoms with E-state index in [4.69, 9.17) is 14.6 Å². The van der Waals surface area contributed by atoms with Crippen LogP contribution in [0.25, 0.3) is 0 Å². The number of carbonyl (C=O) groups excluding carboxylic acids is 3. The molecule has 0 aliphatic carbocycles. The first-order valence-electron chi connectivity index (χ1n) is 7.35. The highest BCUT2D eigenvalue weighted by Crippen LogP contribution is 2.22. The monoisotopic (exact) mass is 369 g/mol. The zero-order valence-electron chi connectivity index (χ0n) is 14.0. The van der Waals surface area contributed by atoms with Gasteiger partial charge in [-0.3, -0.25) is 4.79 Å². The molecule has 0 aliphatic heterocycles. The normalized spacial score (nSPS) is 11.5. The summed E-state index contributed by atoms with van der Waals surface area (Å²) < 4.78 is 10.2. The predicted octanol–water partition coefficient (Wildman–Crippen LogP) is 2.07. The molecule has 1 aromatic carbocycles. The van der Waals surface area contributed by atoms with E-state index in [2.05, 4.69) is 5.32 Å². The fraction of sp³-hybridized carbons (Fsp3) is 0.375. The maximum absolute atomic E-state index is 12.0. The molecule has 8 nitrogen and oxygen atoms in total. The highest BCUT2D eigenvalue weighted by Gasteiger charge is 2.22. The summed E-state index contributed by atoms with van der Waals surface area (Å²) in [6.45, 7) is 4.56. The number of amides is 1. The molecule has 0 spiro atoms. The minimum atomic E-state index is -1.27. The number of nitrogens with one attached hydrogen (secondary N) is 1. The maximum atomic E-state index is 12.0. The maximum Gasteiger partial charge on any atom is 0.372 e. The van der Waals surface area contributed by atoms with Crippen molar-refractivity contribution in [2.75, 3.05) is 5.75 Å². The lowest BCUT2D eigenvalue weighted by molar-refractivity contribution is -0.140. The van der Waals surface area contributed by atoms with Gasteiger partial charge in [0.05, 0.1) is 6.10 Å². The standard InChI is InChI=1S/C16H19NO7S/c1-9(2)23-15(21)11-6-4-5-7-13(11)24-16(22)25-8-12(14(19)20)17-10(3)18/h4-7,9,12H,8H2,1-3H3,(H,17,18)(H,19,20). The van der Waals surface area contributed by atoms with Gasteiger partial charge in [-0.05, 0) is 37.7 Å². The molecule has 1 amide bonds. The first-order chi connectivity index (χ1) is 11.7. The molecule has 0 fully saturated rings. The first-order valence-corrected chi connectivity index (χ1v) is 8.33. The zero-order valence-corrected chi connectivity index (χ0v) is 14.8. The first kappa shape index (κ1) is 20.5. The summed E-state index contributed by atoms with van der Waals surface area (Å²) in [7, 11) is 0. The average Bonchev–Trinajstić information content (AvgIpc) is 2.50. The number of esters is 1. The Kier molecular flexibility index (Phi) is 7.93. The topological polar surface area (TPSA) is 119 Å². The molecule has 0 radical (unpaired) electrons. The average molecular weight is 369 g/mol.